The van der Waals surface area contributed by atoms with Gasteiger partial charge >= 0.3 is 0 Å². The molecule has 68 valence electrons. The summed E-state index contributed by atoms with van der Waals surface area (Å²) >= 11 is 5.67. The lowest BCUT2D eigenvalue weighted by atomic mass is 10.2. The molecule has 0 fully saturated rings. The molecule has 0 aliphatic carbocycles. The van der Waals surface area contributed by atoms with E-state index in [0.29, 0.717) is 10.6 Å². The monoisotopic (exact) mass is 216 g/mol. The second-order valence-electron chi connectivity index (χ2n) is 2.54. The van der Waals surface area contributed by atoms with Gasteiger partial charge in [-0.3, -0.25) is 0 Å². The van der Waals surface area contributed by atoms with Gasteiger partial charge in [0.25, 0.3) is 10.0 Å². The zero-order chi connectivity index (χ0) is 9.47. The van der Waals surface area contributed by atoms with Gasteiger partial charge in [0.05, 0.1) is 11.1 Å². The highest BCUT2D eigenvalue weighted by molar-refractivity contribution is 7.89. The summed E-state index contributed by atoms with van der Waals surface area (Å²) in [6.07, 6.45) is 1.44. The molecule has 0 atom stereocenters. The lowest BCUT2D eigenvalue weighted by Crippen LogP contribution is -2.23. The standard InChI is InChI=1S/C7H5ClN2O2S/c8-6-2-1-5-4-9-10-13(11,12)7(5)3-6/h1-4,10H. The summed E-state index contributed by atoms with van der Waals surface area (Å²) in [5.74, 6) is 0. The second-order valence-corrected chi connectivity index (χ2v) is 4.60. The Bertz CT molecular complexity index is 481. The Morgan fingerprint density at radius 1 is 1.38 bits per heavy atom. The topological polar surface area (TPSA) is 58.5 Å². The molecule has 4 nitrogen and oxygen atoms in total. The number of sulfonamides is 1. The highest BCUT2D eigenvalue weighted by Crippen LogP contribution is 2.21. The van der Waals surface area contributed by atoms with Gasteiger partial charge in [0.2, 0.25) is 0 Å². The number of halogens is 1. The summed E-state index contributed by atoms with van der Waals surface area (Å²) in [7, 11) is -3.50. The van der Waals surface area contributed by atoms with E-state index in [1.54, 1.807) is 12.1 Å². The number of nitrogens with one attached hydrogen (secondary N) is 1. The molecule has 2 rings (SSSR count). The van der Waals surface area contributed by atoms with E-state index in [4.69, 9.17) is 11.6 Å². The van der Waals surface area contributed by atoms with Gasteiger partial charge in [0.1, 0.15) is 0 Å². The van der Waals surface area contributed by atoms with Crippen LogP contribution in [0.25, 0.3) is 0 Å². The molecule has 1 aromatic carbocycles. The van der Waals surface area contributed by atoms with Gasteiger partial charge < -0.3 is 0 Å². The third-order valence-corrected chi connectivity index (χ3v) is 3.16. The van der Waals surface area contributed by atoms with Crippen LogP contribution in [0.4, 0.5) is 0 Å². The summed E-state index contributed by atoms with van der Waals surface area (Å²) in [5.41, 5.74) is 0.545. The van der Waals surface area contributed by atoms with Crippen LogP contribution in [-0.4, -0.2) is 14.6 Å². The molecule has 6 heteroatoms. The van der Waals surface area contributed by atoms with Crippen LogP contribution in [-0.2, 0) is 10.0 Å². The number of hydrogen-bond donors (Lipinski definition) is 1. The van der Waals surface area contributed by atoms with Crippen LogP contribution in [0, 0.1) is 0 Å². The van der Waals surface area contributed by atoms with Gasteiger partial charge in [0, 0.05) is 10.6 Å². The van der Waals surface area contributed by atoms with Crippen molar-refractivity contribution in [3.63, 3.8) is 0 Å². The van der Waals surface area contributed by atoms with Crippen LogP contribution < -0.4 is 4.83 Å². The van der Waals surface area contributed by atoms with Crippen molar-refractivity contribution in [2.24, 2.45) is 5.10 Å². The van der Waals surface area contributed by atoms with Crippen LogP contribution in [0.2, 0.25) is 5.02 Å². The fourth-order valence-electron chi connectivity index (χ4n) is 1.06. The smallest absolute Gasteiger partial charge is 0.200 e. The Labute approximate surface area is 80.3 Å². The van der Waals surface area contributed by atoms with E-state index >= 15 is 0 Å². The van der Waals surface area contributed by atoms with Gasteiger partial charge in [-0.05, 0) is 12.1 Å². The number of benzene rings is 1. The van der Waals surface area contributed by atoms with Gasteiger partial charge in [-0.15, -0.1) is 0 Å². The van der Waals surface area contributed by atoms with E-state index in [-0.39, 0.29) is 4.90 Å². The van der Waals surface area contributed by atoms with Gasteiger partial charge in [-0.2, -0.15) is 13.5 Å². The molecule has 0 aromatic heterocycles. The fraction of sp³-hybridized carbons (Fsp3) is 0. The highest BCUT2D eigenvalue weighted by Gasteiger charge is 2.20. The van der Waals surface area contributed by atoms with E-state index in [9.17, 15) is 8.42 Å². The van der Waals surface area contributed by atoms with E-state index in [1.807, 2.05) is 4.83 Å². The molecule has 1 aromatic rings. The molecule has 13 heavy (non-hydrogen) atoms. The Hall–Kier alpha value is -1.07. The summed E-state index contributed by atoms with van der Waals surface area (Å²) in [6, 6.07) is 4.62. The summed E-state index contributed by atoms with van der Waals surface area (Å²) in [6.45, 7) is 0. The van der Waals surface area contributed by atoms with Crippen molar-refractivity contribution in [3.05, 3.63) is 28.8 Å². The molecule has 0 spiro atoms. The van der Waals surface area contributed by atoms with Crippen LogP contribution in [0.15, 0.2) is 28.2 Å². The second kappa shape index (κ2) is 2.71. The minimum absolute atomic E-state index is 0.162. The Kier molecular flexibility index (Phi) is 1.78. The largest absolute Gasteiger partial charge is 0.277 e. The molecule has 1 aliphatic rings. The summed E-state index contributed by atoms with van der Waals surface area (Å²) in [5, 5.41) is 3.88. The quantitative estimate of drug-likeness (QED) is 0.703. The van der Waals surface area contributed by atoms with Gasteiger partial charge in [0.15, 0.2) is 0 Å². The van der Waals surface area contributed by atoms with Crippen molar-refractivity contribution in [2.75, 3.05) is 0 Å². The van der Waals surface area contributed by atoms with Crippen molar-refractivity contribution in [1.29, 1.82) is 0 Å². The molecular formula is C7H5ClN2O2S. The number of hydrogen-bond acceptors (Lipinski definition) is 3. The highest BCUT2D eigenvalue weighted by atomic mass is 35.5. The van der Waals surface area contributed by atoms with E-state index < -0.39 is 10.0 Å². The van der Waals surface area contributed by atoms with Gasteiger partial charge in [-0.1, -0.05) is 17.7 Å². The van der Waals surface area contributed by atoms with Crippen LogP contribution in [0.1, 0.15) is 5.56 Å². The summed E-state index contributed by atoms with van der Waals surface area (Å²) in [4.78, 5) is 2.19. The lowest BCUT2D eigenvalue weighted by molar-refractivity contribution is 0.583. The molecule has 0 amide bonds. The molecule has 0 bridgehead atoms. The van der Waals surface area contributed by atoms with E-state index in [2.05, 4.69) is 5.10 Å². The maximum absolute atomic E-state index is 11.3. The van der Waals surface area contributed by atoms with E-state index in [1.165, 1.54) is 12.3 Å². The minimum Gasteiger partial charge on any atom is -0.200 e. The molecule has 1 N–H and O–H groups in total. The minimum atomic E-state index is -3.50. The first-order valence-electron chi connectivity index (χ1n) is 3.44. The first-order valence-corrected chi connectivity index (χ1v) is 5.30. The summed E-state index contributed by atoms with van der Waals surface area (Å²) < 4.78 is 22.7. The normalized spacial score (nSPS) is 17.6. The Balaban J connectivity index is 2.77. The zero-order valence-corrected chi connectivity index (χ0v) is 7.93. The van der Waals surface area contributed by atoms with Crippen LogP contribution >= 0.6 is 11.6 Å². The van der Waals surface area contributed by atoms with Crippen molar-refractivity contribution in [3.8, 4) is 0 Å². The molecule has 0 saturated carbocycles. The van der Waals surface area contributed by atoms with Crippen molar-refractivity contribution >= 4 is 27.8 Å². The van der Waals surface area contributed by atoms with Crippen molar-refractivity contribution < 1.29 is 8.42 Å². The predicted molar refractivity (Wildman–Crippen MR) is 49.4 cm³/mol. The molecular weight excluding hydrogens is 212 g/mol. The fourth-order valence-corrected chi connectivity index (χ4v) is 2.30. The molecule has 0 unspecified atom stereocenters. The molecule has 0 saturated heterocycles. The average molecular weight is 217 g/mol. The van der Waals surface area contributed by atoms with Crippen LogP contribution in [0.5, 0.6) is 0 Å². The first-order chi connectivity index (χ1) is 6.09. The Morgan fingerprint density at radius 3 is 2.92 bits per heavy atom. The predicted octanol–water partition coefficient (Wildman–Crippen LogP) is 0.966. The number of nitrogens with zero attached hydrogens (tertiary/aromatic N) is 1. The molecule has 1 aliphatic heterocycles. The third-order valence-electron chi connectivity index (χ3n) is 1.64. The maximum Gasteiger partial charge on any atom is 0.277 e. The average Bonchev–Trinajstić information content (AvgIpc) is 2.06. The molecule has 0 radical (unpaired) electrons. The Morgan fingerprint density at radius 2 is 2.15 bits per heavy atom. The molecule has 1 heterocycles. The SMILES string of the molecule is O=S1(=O)NN=Cc2ccc(Cl)cc21. The number of fused-ring (bicyclic) bond motifs is 1. The lowest BCUT2D eigenvalue weighted by Gasteiger charge is -2.11. The number of hydrazone groups is 1. The zero-order valence-electron chi connectivity index (χ0n) is 6.36. The number of rotatable bonds is 0. The van der Waals surface area contributed by atoms with Crippen molar-refractivity contribution in [1.82, 2.24) is 4.83 Å². The first kappa shape index (κ1) is 8.52. The third kappa shape index (κ3) is 1.40. The van der Waals surface area contributed by atoms with E-state index in [0.717, 1.165) is 0 Å². The van der Waals surface area contributed by atoms with Gasteiger partial charge in [-0.25, -0.2) is 4.83 Å². The maximum atomic E-state index is 11.3. The van der Waals surface area contributed by atoms with Crippen molar-refractivity contribution in [2.45, 2.75) is 4.90 Å². The van der Waals surface area contributed by atoms with Crippen LogP contribution in [0.3, 0.4) is 0 Å².